The summed E-state index contributed by atoms with van der Waals surface area (Å²) in [5.41, 5.74) is 12.9. The normalized spacial score (nSPS) is 11.4. The van der Waals surface area contributed by atoms with Crippen LogP contribution in [0.5, 0.6) is 0 Å². The van der Waals surface area contributed by atoms with E-state index in [4.69, 9.17) is 15.0 Å². The molecular weight excluding hydrogens is 717 g/mol. The molecule has 0 aliphatic rings. The van der Waals surface area contributed by atoms with Crippen molar-refractivity contribution in [2.75, 3.05) is 0 Å². The average molecular weight is 753 g/mol. The number of hydrogen-bond acceptors (Lipinski definition) is 3. The first-order chi connectivity index (χ1) is 29.2. The zero-order valence-corrected chi connectivity index (χ0v) is 32.1. The lowest BCUT2D eigenvalue weighted by Gasteiger charge is -2.17. The minimum Gasteiger partial charge on any atom is -0.308 e. The highest BCUT2D eigenvalue weighted by atomic mass is 15.1. The number of fused-ring (bicyclic) bond motifs is 4. The van der Waals surface area contributed by atoms with Gasteiger partial charge in [0.25, 0.3) is 0 Å². The highest BCUT2D eigenvalue weighted by Gasteiger charge is 2.20. The largest absolute Gasteiger partial charge is 0.308 e. The topological polar surface area (TPSA) is 43.6 Å². The summed E-state index contributed by atoms with van der Waals surface area (Å²) >= 11 is 0. The van der Waals surface area contributed by atoms with Crippen molar-refractivity contribution in [2.24, 2.45) is 0 Å². The molecule has 276 valence electrons. The molecule has 9 aromatic carbocycles. The molecule has 0 unspecified atom stereocenters. The van der Waals surface area contributed by atoms with Crippen LogP contribution in [0.3, 0.4) is 0 Å². The van der Waals surface area contributed by atoms with Crippen molar-refractivity contribution in [1.82, 2.24) is 19.5 Å². The van der Waals surface area contributed by atoms with Crippen LogP contribution in [-0.2, 0) is 0 Å². The summed E-state index contributed by atoms with van der Waals surface area (Å²) in [6.07, 6.45) is 0. The molecule has 4 heteroatoms. The summed E-state index contributed by atoms with van der Waals surface area (Å²) in [5.74, 6) is 1.85. The third-order valence-electron chi connectivity index (χ3n) is 11.3. The van der Waals surface area contributed by atoms with Crippen LogP contribution < -0.4 is 0 Å². The van der Waals surface area contributed by atoms with E-state index in [1.54, 1.807) is 0 Å². The van der Waals surface area contributed by atoms with Crippen LogP contribution in [0, 0.1) is 0 Å². The van der Waals surface area contributed by atoms with Crippen LogP contribution in [0.1, 0.15) is 0 Å². The first-order valence-corrected chi connectivity index (χ1v) is 19.9. The van der Waals surface area contributed by atoms with Crippen molar-refractivity contribution < 1.29 is 0 Å². The molecule has 11 aromatic rings. The van der Waals surface area contributed by atoms with Gasteiger partial charge in [-0.2, -0.15) is 0 Å². The summed E-state index contributed by atoms with van der Waals surface area (Å²) < 4.78 is 2.37. The fourth-order valence-corrected chi connectivity index (χ4v) is 8.30. The lowest BCUT2D eigenvalue weighted by Crippen LogP contribution is -2.04. The van der Waals surface area contributed by atoms with Gasteiger partial charge in [-0.05, 0) is 80.6 Å². The highest BCUT2D eigenvalue weighted by Crippen LogP contribution is 2.39. The maximum Gasteiger partial charge on any atom is 0.166 e. The van der Waals surface area contributed by atoms with Gasteiger partial charge in [0, 0.05) is 27.5 Å². The van der Waals surface area contributed by atoms with Crippen LogP contribution in [0.25, 0.3) is 106 Å². The van der Waals surface area contributed by atoms with E-state index >= 15 is 0 Å². The molecule has 0 bridgehead atoms. The fourth-order valence-electron chi connectivity index (χ4n) is 8.30. The zero-order valence-electron chi connectivity index (χ0n) is 32.1. The predicted octanol–water partition coefficient (Wildman–Crippen LogP) is 14.1. The minimum atomic E-state index is 0.605. The van der Waals surface area contributed by atoms with Crippen LogP contribution in [0.15, 0.2) is 218 Å². The Kier molecular flexibility index (Phi) is 8.45. The lowest BCUT2D eigenvalue weighted by atomic mass is 9.97. The SMILES string of the molecule is c1ccc(-c2cccc(-c3ccc(-c4nc(-c5ccccc5)nc(-c5ccc(-c6ccc7ccccc7c6)cc5)n4)c(-n4c5ccccc5c5ccccc54)c3)c2)cc1. The minimum absolute atomic E-state index is 0.605. The van der Waals surface area contributed by atoms with Crippen molar-refractivity contribution in [3.63, 3.8) is 0 Å². The Morgan fingerprint density at radius 1 is 0.271 bits per heavy atom. The van der Waals surface area contributed by atoms with Crippen LogP contribution >= 0.6 is 0 Å². The van der Waals surface area contributed by atoms with E-state index in [0.29, 0.717) is 17.5 Å². The number of hydrogen-bond donors (Lipinski definition) is 0. The van der Waals surface area contributed by atoms with Crippen molar-refractivity contribution >= 4 is 32.6 Å². The molecule has 0 saturated carbocycles. The Morgan fingerprint density at radius 2 is 0.712 bits per heavy atom. The van der Waals surface area contributed by atoms with Gasteiger partial charge in [-0.3, -0.25) is 0 Å². The van der Waals surface area contributed by atoms with Crippen molar-refractivity contribution in [1.29, 1.82) is 0 Å². The molecule has 0 fully saturated rings. The molecule has 0 amide bonds. The van der Waals surface area contributed by atoms with E-state index in [2.05, 4.69) is 205 Å². The maximum atomic E-state index is 5.29. The second kappa shape index (κ2) is 14.5. The molecular formula is C55H36N4. The van der Waals surface area contributed by atoms with Gasteiger partial charge in [0.05, 0.1) is 16.7 Å². The van der Waals surface area contributed by atoms with Gasteiger partial charge in [0.15, 0.2) is 17.5 Å². The van der Waals surface area contributed by atoms with E-state index in [1.807, 2.05) is 18.2 Å². The standard InChI is InChI=1S/C55H36N4/c1-3-14-37(15-4-1)43-20-13-21-44(34-43)46-32-33-49(52(36-46)59-50-24-11-9-22-47(50)48-23-10-12-25-51(48)59)55-57-53(40-17-5-2-6-18-40)56-54(58-55)41-29-26-39(27-30-41)45-31-28-38-16-7-8-19-42(38)35-45/h1-36H. The van der Waals surface area contributed by atoms with Crippen molar-refractivity contribution in [3.05, 3.63) is 218 Å². The van der Waals surface area contributed by atoms with E-state index in [9.17, 15) is 0 Å². The van der Waals surface area contributed by atoms with E-state index in [-0.39, 0.29) is 0 Å². The van der Waals surface area contributed by atoms with Crippen molar-refractivity contribution in [2.45, 2.75) is 0 Å². The second-order valence-electron chi connectivity index (χ2n) is 14.9. The maximum absolute atomic E-state index is 5.29. The fraction of sp³-hybridized carbons (Fsp3) is 0. The molecule has 0 radical (unpaired) electrons. The number of aromatic nitrogens is 4. The third kappa shape index (κ3) is 6.34. The Hall–Kier alpha value is -7.95. The van der Waals surface area contributed by atoms with E-state index < -0.39 is 0 Å². The Morgan fingerprint density at radius 3 is 1.41 bits per heavy atom. The molecule has 0 N–H and O–H groups in total. The van der Waals surface area contributed by atoms with Crippen LogP contribution in [0.4, 0.5) is 0 Å². The van der Waals surface area contributed by atoms with E-state index in [0.717, 1.165) is 50.1 Å². The quantitative estimate of drug-likeness (QED) is 0.163. The molecule has 0 spiro atoms. The Bertz CT molecular complexity index is 3260. The summed E-state index contributed by atoms with van der Waals surface area (Å²) in [5, 5.41) is 4.84. The molecule has 2 aromatic heterocycles. The average Bonchev–Trinajstić information content (AvgIpc) is 3.66. The highest BCUT2D eigenvalue weighted by molar-refractivity contribution is 6.09. The van der Waals surface area contributed by atoms with Gasteiger partial charge >= 0.3 is 0 Å². The number of rotatable bonds is 7. The van der Waals surface area contributed by atoms with Gasteiger partial charge in [-0.15, -0.1) is 0 Å². The predicted molar refractivity (Wildman–Crippen MR) is 244 cm³/mol. The van der Waals surface area contributed by atoms with Crippen LogP contribution in [0.2, 0.25) is 0 Å². The zero-order chi connectivity index (χ0) is 39.1. The Labute approximate surface area is 342 Å². The lowest BCUT2D eigenvalue weighted by molar-refractivity contribution is 1.06. The molecule has 0 aliphatic heterocycles. The summed E-state index contributed by atoms with van der Waals surface area (Å²) in [7, 11) is 0. The first-order valence-electron chi connectivity index (χ1n) is 19.9. The molecule has 0 saturated heterocycles. The second-order valence-corrected chi connectivity index (χ2v) is 14.9. The number of nitrogens with zero attached hydrogens (tertiary/aromatic N) is 4. The molecule has 0 aliphatic carbocycles. The molecule has 2 heterocycles. The third-order valence-corrected chi connectivity index (χ3v) is 11.3. The molecule has 0 atom stereocenters. The first kappa shape index (κ1) is 34.3. The van der Waals surface area contributed by atoms with Crippen molar-refractivity contribution in [3.8, 4) is 73.2 Å². The summed E-state index contributed by atoms with van der Waals surface area (Å²) in [6.45, 7) is 0. The smallest absolute Gasteiger partial charge is 0.166 e. The van der Waals surface area contributed by atoms with Gasteiger partial charge in [0.2, 0.25) is 0 Å². The van der Waals surface area contributed by atoms with Gasteiger partial charge in [0.1, 0.15) is 0 Å². The van der Waals surface area contributed by atoms with Crippen LogP contribution in [-0.4, -0.2) is 19.5 Å². The van der Waals surface area contributed by atoms with Gasteiger partial charge in [-0.1, -0.05) is 182 Å². The monoisotopic (exact) mass is 752 g/mol. The van der Waals surface area contributed by atoms with Gasteiger partial charge < -0.3 is 4.57 Å². The van der Waals surface area contributed by atoms with Gasteiger partial charge in [-0.25, -0.2) is 15.0 Å². The molecule has 4 nitrogen and oxygen atoms in total. The van der Waals surface area contributed by atoms with E-state index in [1.165, 1.54) is 38.2 Å². The molecule has 59 heavy (non-hydrogen) atoms. The Balaban J connectivity index is 1.11. The summed E-state index contributed by atoms with van der Waals surface area (Å²) in [4.78, 5) is 15.6. The number of para-hydroxylation sites is 2. The number of benzene rings is 9. The molecule has 11 rings (SSSR count). The summed E-state index contributed by atoms with van der Waals surface area (Å²) in [6, 6.07) is 77.1.